The smallest absolute Gasteiger partial charge is 0.426 e. The summed E-state index contributed by atoms with van der Waals surface area (Å²) in [6.45, 7) is 8.67. The number of hydrogen-bond donors (Lipinski definition) is 2. The highest BCUT2D eigenvalue weighted by Crippen LogP contribution is 2.44. The van der Waals surface area contributed by atoms with Crippen LogP contribution in [0.3, 0.4) is 0 Å². The van der Waals surface area contributed by atoms with Crippen molar-refractivity contribution < 1.29 is 45.7 Å². The Kier molecular flexibility index (Phi) is 9.80. The van der Waals surface area contributed by atoms with Crippen molar-refractivity contribution in [3.63, 3.8) is 0 Å². The second-order valence-corrected chi connectivity index (χ2v) is 8.99. The summed E-state index contributed by atoms with van der Waals surface area (Å²) in [6, 6.07) is 0.845. The van der Waals surface area contributed by atoms with E-state index in [2.05, 4.69) is 20.5 Å². The summed E-state index contributed by atoms with van der Waals surface area (Å²) in [7, 11) is 0. The van der Waals surface area contributed by atoms with Crippen molar-refractivity contribution in [2.75, 3.05) is 11.9 Å². The lowest BCUT2D eigenvalue weighted by atomic mass is 9.95. The SMILES string of the molecule is CC.CC(C)(C)OC(=O)Nc1cc(C(F)F)c2nc1-c1nnc(o1)C(O)(C(F)(F)F)CCCCCCO2. The summed E-state index contributed by atoms with van der Waals surface area (Å²) in [5.41, 5.74) is -5.86. The van der Waals surface area contributed by atoms with Crippen molar-refractivity contribution in [1.29, 1.82) is 0 Å². The third kappa shape index (κ3) is 7.49. The minimum Gasteiger partial charge on any atom is -0.477 e. The third-order valence-corrected chi connectivity index (χ3v) is 5.01. The lowest BCUT2D eigenvalue weighted by Crippen LogP contribution is -2.42. The molecular formula is C23H31F5N4O5. The van der Waals surface area contributed by atoms with Gasteiger partial charge in [-0.25, -0.2) is 18.6 Å². The van der Waals surface area contributed by atoms with Gasteiger partial charge in [0.15, 0.2) is 5.69 Å². The van der Waals surface area contributed by atoms with Gasteiger partial charge in [0.2, 0.25) is 11.5 Å². The Morgan fingerprint density at radius 2 is 1.78 bits per heavy atom. The van der Waals surface area contributed by atoms with E-state index in [1.54, 1.807) is 20.8 Å². The quantitative estimate of drug-likeness (QED) is 0.414. The normalized spacial score (nSPS) is 18.7. The van der Waals surface area contributed by atoms with Crippen LogP contribution in [0.25, 0.3) is 11.6 Å². The summed E-state index contributed by atoms with van der Waals surface area (Å²) in [5, 5.41) is 19.6. The van der Waals surface area contributed by atoms with Gasteiger partial charge in [-0.15, -0.1) is 10.2 Å². The molecule has 0 radical (unpaired) electrons. The van der Waals surface area contributed by atoms with E-state index in [1.165, 1.54) is 0 Å². The molecule has 1 amide bonds. The van der Waals surface area contributed by atoms with Gasteiger partial charge >= 0.3 is 12.3 Å². The lowest BCUT2D eigenvalue weighted by Gasteiger charge is -2.27. The number of anilines is 1. The first-order valence-electron chi connectivity index (χ1n) is 11.8. The number of aliphatic hydroxyl groups is 1. The molecule has 3 heterocycles. The van der Waals surface area contributed by atoms with Crippen molar-refractivity contribution in [2.45, 2.75) is 90.5 Å². The molecule has 0 fully saturated rings. The molecule has 1 aliphatic rings. The zero-order valence-corrected chi connectivity index (χ0v) is 21.2. The maximum Gasteiger partial charge on any atom is 0.426 e. The number of alkyl halides is 5. The predicted molar refractivity (Wildman–Crippen MR) is 122 cm³/mol. The van der Waals surface area contributed by atoms with Crippen LogP contribution in [-0.4, -0.2) is 44.8 Å². The van der Waals surface area contributed by atoms with Crippen molar-refractivity contribution >= 4 is 11.8 Å². The maximum absolute atomic E-state index is 13.8. The zero-order chi connectivity index (χ0) is 28.0. The van der Waals surface area contributed by atoms with Gasteiger partial charge in [0.25, 0.3) is 18.2 Å². The number of fused-ring (bicyclic) bond motifs is 5. The Morgan fingerprint density at radius 1 is 1.14 bits per heavy atom. The molecule has 0 saturated heterocycles. The molecule has 0 spiro atoms. The molecule has 1 unspecified atom stereocenters. The van der Waals surface area contributed by atoms with Crippen LogP contribution in [-0.2, 0) is 10.3 Å². The number of aromatic nitrogens is 3. The molecule has 0 saturated carbocycles. The topological polar surface area (TPSA) is 120 Å². The molecule has 4 bridgehead atoms. The van der Waals surface area contributed by atoms with Gasteiger partial charge in [0.1, 0.15) is 5.60 Å². The average molecular weight is 539 g/mol. The lowest BCUT2D eigenvalue weighted by molar-refractivity contribution is -0.277. The van der Waals surface area contributed by atoms with Crippen molar-refractivity contribution in [2.24, 2.45) is 0 Å². The number of ether oxygens (including phenoxy) is 2. The molecule has 3 rings (SSSR count). The van der Waals surface area contributed by atoms with Crippen LogP contribution in [0.1, 0.15) is 84.6 Å². The fourth-order valence-corrected chi connectivity index (χ4v) is 3.32. The number of nitrogens with one attached hydrogen (secondary N) is 1. The first kappa shape index (κ1) is 30.2. The predicted octanol–water partition coefficient (Wildman–Crippen LogP) is 6.54. The highest BCUT2D eigenvalue weighted by atomic mass is 19.4. The molecule has 2 aromatic rings. The fourth-order valence-electron chi connectivity index (χ4n) is 3.32. The van der Waals surface area contributed by atoms with Crippen LogP contribution in [0.15, 0.2) is 10.5 Å². The van der Waals surface area contributed by atoms with E-state index in [4.69, 9.17) is 13.9 Å². The third-order valence-electron chi connectivity index (χ3n) is 5.01. The van der Waals surface area contributed by atoms with Crippen molar-refractivity contribution in [1.82, 2.24) is 15.2 Å². The summed E-state index contributed by atoms with van der Waals surface area (Å²) in [6.07, 6.45) is -8.92. The standard InChI is InChI=1S/C21H25F5N4O5.C2H6/c1-19(2,3)35-18(31)27-12-10-11(14(22)23)15-28-13(12)16-29-30-17(34-16)20(32,21(24,25)26)8-6-4-5-7-9-33-15;1-2/h10,14,32H,4-9H2,1-3H3,(H,27,31);1-2H3. The summed E-state index contributed by atoms with van der Waals surface area (Å²) in [5.74, 6) is -2.30. The summed E-state index contributed by atoms with van der Waals surface area (Å²) < 4.78 is 84.5. The van der Waals surface area contributed by atoms with E-state index < -0.39 is 65.2 Å². The van der Waals surface area contributed by atoms with Crippen LogP contribution >= 0.6 is 0 Å². The Bertz CT molecular complexity index is 1060. The number of carbonyl (C=O) groups is 1. The van der Waals surface area contributed by atoms with Gasteiger partial charge in [-0.1, -0.05) is 26.7 Å². The number of carbonyl (C=O) groups excluding carboxylic acids is 1. The molecule has 1 atom stereocenters. The Morgan fingerprint density at radius 3 is 2.38 bits per heavy atom. The van der Waals surface area contributed by atoms with E-state index in [1.807, 2.05) is 13.8 Å². The molecular weight excluding hydrogens is 507 g/mol. The number of amides is 1. The second-order valence-electron chi connectivity index (χ2n) is 8.99. The number of halogens is 5. The van der Waals surface area contributed by atoms with Gasteiger partial charge < -0.3 is 19.0 Å². The molecule has 1 aliphatic heterocycles. The number of nitrogens with zero attached hydrogens (tertiary/aromatic N) is 3. The van der Waals surface area contributed by atoms with Crippen LogP contribution in [0.4, 0.5) is 32.4 Å². The van der Waals surface area contributed by atoms with Crippen LogP contribution in [0.2, 0.25) is 0 Å². The second kappa shape index (κ2) is 12.0. The van der Waals surface area contributed by atoms with Gasteiger partial charge in [0, 0.05) is 0 Å². The molecule has 2 aromatic heterocycles. The molecule has 0 aromatic carbocycles. The van der Waals surface area contributed by atoms with E-state index in [0.717, 1.165) is 6.07 Å². The van der Waals surface area contributed by atoms with Crippen LogP contribution in [0.5, 0.6) is 5.88 Å². The van der Waals surface area contributed by atoms with Crippen molar-refractivity contribution in [3.05, 3.63) is 17.5 Å². The van der Waals surface area contributed by atoms with E-state index in [0.29, 0.717) is 19.3 Å². The van der Waals surface area contributed by atoms with Crippen molar-refractivity contribution in [3.8, 4) is 17.5 Å². The largest absolute Gasteiger partial charge is 0.477 e. The molecule has 0 aliphatic carbocycles. The first-order chi connectivity index (χ1) is 17.2. The molecule has 14 heteroatoms. The number of pyridine rings is 1. The highest BCUT2D eigenvalue weighted by molar-refractivity contribution is 5.89. The summed E-state index contributed by atoms with van der Waals surface area (Å²) in [4.78, 5) is 16.3. The van der Waals surface area contributed by atoms with E-state index in [9.17, 15) is 31.9 Å². The Hall–Kier alpha value is -3.03. The monoisotopic (exact) mass is 538 g/mol. The fraction of sp³-hybridized carbons (Fsp3) is 0.652. The first-order valence-corrected chi connectivity index (χ1v) is 11.8. The molecule has 2 N–H and O–H groups in total. The van der Waals surface area contributed by atoms with Crippen LogP contribution in [0, 0.1) is 0 Å². The Balaban J connectivity index is 0.00000235. The van der Waals surface area contributed by atoms with E-state index >= 15 is 0 Å². The maximum atomic E-state index is 13.8. The number of hydrogen-bond acceptors (Lipinski definition) is 8. The van der Waals surface area contributed by atoms with Gasteiger partial charge in [-0.2, -0.15) is 13.2 Å². The van der Waals surface area contributed by atoms with Gasteiger partial charge in [-0.3, -0.25) is 5.32 Å². The average Bonchev–Trinajstić information content (AvgIpc) is 3.28. The van der Waals surface area contributed by atoms with E-state index in [-0.39, 0.29) is 18.7 Å². The van der Waals surface area contributed by atoms with Gasteiger partial charge in [0.05, 0.1) is 17.9 Å². The van der Waals surface area contributed by atoms with Gasteiger partial charge in [-0.05, 0) is 46.1 Å². The Labute approximate surface area is 210 Å². The number of rotatable bonds is 2. The molecule has 208 valence electrons. The minimum absolute atomic E-state index is 0.0228. The highest BCUT2D eigenvalue weighted by Gasteiger charge is 2.58. The molecule has 37 heavy (non-hydrogen) atoms. The van der Waals surface area contributed by atoms with Crippen LogP contribution < -0.4 is 10.1 Å². The zero-order valence-electron chi connectivity index (χ0n) is 21.2. The minimum atomic E-state index is -5.13. The molecule has 9 nitrogen and oxygen atoms in total. The summed E-state index contributed by atoms with van der Waals surface area (Å²) >= 11 is 0.